The van der Waals surface area contributed by atoms with Gasteiger partial charge < -0.3 is 15.2 Å². The Labute approximate surface area is 95.2 Å². The number of carbonyl (C=O) groups excluding carboxylic acids is 1. The highest BCUT2D eigenvalue weighted by Crippen LogP contribution is 2.35. The largest absolute Gasteiger partial charge is 0.504 e. The molecule has 4 heteroatoms. The zero-order valence-corrected chi connectivity index (χ0v) is 10.0. The van der Waals surface area contributed by atoms with Crippen molar-refractivity contribution in [2.45, 2.75) is 13.8 Å². The lowest BCUT2D eigenvalue weighted by molar-refractivity contribution is 0.0990. The van der Waals surface area contributed by atoms with Crippen molar-refractivity contribution in [3.8, 4) is 11.5 Å². The first-order valence-corrected chi connectivity index (χ1v) is 5.07. The molecule has 4 nitrogen and oxygen atoms in total. The summed E-state index contributed by atoms with van der Waals surface area (Å²) in [5.74, 6) is 0.197. The second-order valence-corrected chi connectivity index (χ2v) is 3.70. The minimum atomic E-state index is -0.0993. The fraction of sp³-hybridized carbons (Fsp3) is 0.417. The molecule has 0 aliphatic rings. The second-order valence-electron chi connectivity index (χ2n) is 3.70. The van der Waals surface area contributed by atoms with E-state index in [2.05, 4.69) is 5.32 Å². The number of aryl methyl sites for hydroxylation is 1. The summed E-state index contributed by atoms with van der Waals surface area (Å²) < 4.78 is 5.08. The first kappa shape index (κ1) is 12.5. The molecule has 0 saturated heterocycles. The van der Waals surface area contributed by atoms with Crippen LogP contribution in [0.1, 0.15) is 21.5 Å². The fourth-order valence-corrected chi connectivity index (χ4v) is 1.54. The molecule has 0 aromatic heterocycles. The van der Waals surface area contributed by atoms with Gasteiger partial charge in [0.05, 0.1) is 19.2 Å². The summed E-state index contributed by atoms with van der Waals surface area (Å²) in [4.78, 5) is 11.8. The van der Waals surface area contributed by atoms with Gasteiger partial charge in [0, 0.05) is 0 Å². The molecule has 0 amide bonds. The van der Waals surface area contributed by atoms with Crippen molar-refractivity contribution in [1.82, 2.24) is 5.32 Å². The molecule has 0 saturated carbocycles. The number of rotatable bonds is 4. The normalized spacial score (nSPS) is 10.2. The summed E-state index contributed by atoms with van der Waals surface area (Å²) in [6.07, 6.45) is 0. The predicted octanol–water partition coefficient (Wildman–Crippen LogP) is 1.42. The predicted molar refractivity (Wildman–Crippen MR) is 62.4 cm³/mol. The number of Topliss-reactive ketones (excluding diaryl/α,β-unsaturated/α-hetero) is 1. The van der Waals surface area contributed by atoms with Gasteiger partial charge >= 0.3 is 0 Å². The molecular weight excluding hydrogens is 206 g/mol. The average Bonchev–Trinajstić information content (AvgIpc) is 2.26. The van der Waals surface area contributed by atoms with Crippen LogP contribution in [0.2, 0.25) is 0 Å². The lowest BCUT2D eigenvalue weighted by Crippen LogP contribution is -2.19. The van der Waals surface area contributed by atoms with E-state index >= 15 is 0 Å². The van der Waals surface area contributed by atoms with Crippen molar-refractivity contribution in [3.05, 3.63) is 22.8 Å². The van der Waals surface area contributed by atoms with Gasteiger partial charge in [0.15, 0.2) is 17.3 Å². The van der Waals surface area contributed by atoms with E-state index in [1.807, 2.05) is 6.92 Å². The molecule has 16 heavy (non-hydrogen) atoms. The van der Waals surface area contributed by atoms with Crippen LogP contribution < -0.4 is 10.1 Å². The van der Waals surface area contributed by atoms with Crippen molar-refractivity contribution in [2.75, 3.05) is 20.7 Å². The van der Waals surface area contributed by atoms with E-state index in [1.54, 1.807) is 20.0 Å². The summed E-state index contributed by atoms with van der Waals surface area (Å²) in [5.41, 5.74) is 2.02. The molecule has 0 atom stereocenters. The third-order valence-corrected chi connectivity index (χ3v) is 2.61. The Bertz CT molecular complexity index is 413. The third kappa shape index (κ3) is 2.17. The number of nitrogens with one attached hydrogen (secondary N) is 1. The number of ketones is 1. The number of methoxy groups -OCH3 is 1. The Morgan fingerprint density at radius 1 is 1.50 bits per heavy atom. The van der Waals surface area contributed by atoms with E-state index in [0.29, 0.717) is 5.56 Å². The summed E-state index contributed by atoms with van der Waals surface area (Å²) in [6, 6.07) is 1.74. The fourth-order valence-electron chi connectivity index (χ4n) is 1.54. The average molecular weight is 223 g/mol. The summed E-state index contributed by atoms with van der Waals surface area (Å²) in [6.45, 7) is 3.86. The molecule has 0 heterocycles. The van der Waals surface area contributed by atoms with Crippen LogP contribution in [0.3, 0.4) is 0 Å². The van der Waals surface area contributed by atoms with Gasteiger partial charge in [-0.2, -0.15) is 0 Å². The first-order valence-electron chi connectivity index (χ1n) is 5.07. The minimum absolute atomic E-state index is 0.0435. The van der Waals surface area contributed by atoms with E-state index in [1.165, 1.54) is 7.11 Å². The number of benzene rings is 1. The quantitative estimate of drug-likeness (QED) is 0.758. The Hall–Kier alpha value is -1.55. The van der Waals surface area contributed by atoms with Crippen LogP contribution in [-0.2, 0) is 0 Å². The minimum Gasteiger partial charge on any atom is -0.504 e. The Balaban J connectivity index is 3.33. The number of hydrogen-bond donors (Lipinski definition) is 2. The van der Waals surface area contributed by atoms with Crippen LogP contribution in [0, 0.1) is 13.8 Å². The number of phenols is 1. The van der Waals surface area contributed by atoms with Crippen molar-refractivity contribution >= 4 is 5.78 Å². The standard InChI is InChI=1S/C12H17NO3/c1-7-5-9(10(14)6-13-3)12(16-4)11(15)8(7)2/h5,13,15H,6H2,1-4H3. The van der Waals surface area contributed by atoms with Crippen LogP contribution in [0.15, 0.2) is 6.07 Å². The summed E-state index contributed by atoms with van der Waals surface area (Å²) in [7, 11) is 3.14. The summed E-state index contributed by atoms with van der Waals surface area (Å²) in [5, 5.41) is 12.7. The highest BCUT2D eigenvalue weighted by Gasteiger charge is 2.18. The van der Waals surface area contributed by atoms with Gasteiger partial charge in [-0.25, -0.2) is 0 Å². The molecule has 0 unspecified atom stereocenters. The zero-order chi connectivity index (χ0) is 12.3. The van der Waals surface area contributed by atoms with E-state index in [9.17, 15) is 9.90 Å². The van der Waals surface area contributed by atoms with E-state index in [4.69, 9.17) is 4.74 Å². The highest BCUT2D eigenvalue weighted by molar-refractivity contribution is 6.01. The molecule has 2 N–H and O–H groups in total. The molecule has 0 aliphatic carbocycles. The molecule has 1 rings (SSSR count). The van der Waals surface area contributed by atoms with Gasteiger partial charge in [0.2, 0.25) is 0 Å². The number of phenolic OH excluding ortho intramolecular Hbond substituents is 1. The van der Waals surface area contributed by atoms with Crippen molar-refractivity contribution in [3.63, 3.8) is 0 Å². The van der Waals surface area contributed by atoms with Crippen LogP contribution >= 0.6 is 0 Å². The SMILES string of the molecule is CNCC(=O)c1cc(C)c(C)c(O)c1OC. The van der Waals surface area contributed by atoms with Crippen molar-refractivity contribution in [1.29, 1.82) is 0 Å². The maximum atomic E-state index is 11.8. The molecule has 0 aliphatic heterocycles. The molecule has 0 bridgehead atoms. The van der Waals surface area contributed by atoms with E-state index < -0.39 is 0 Å². The van der Waals surface area contributed by atoms with E-state index in [0.717, 1.165) is 11.1 Å². The van der Waals surface area contributed by atoms with Gasteiger partial charge in [-0.1, -0.05) is 0 Å². The Morgan fingerprint density at radius 2 is 2.12 bits per heavy atom. The van der Waals surface area contributed by atoms with Gasteiger partial charge in [-0.3, -0.25) is 4.79 Å². The highest BCUT2D eigenvalue weighted by atomic mass is 16.5. The van der Waals surface area contributed by atoms with Crippen LogP contribution in [0.25, 0.3) is 0 Å². The van der Waals surface area contributed by atoms with E-state index in [-0.39, 0.29) is 23.8 Å². The Morgan fingerprint density at radius 3 is 2.62 bits per heavy atom. The number of likely N-dealkylation sites (N-methyl/N-ethyl adjacent to an activating group) is 1. The molecule has 0 spiro atoms. The van der Waals surface area contributed by atoms with Crippen molar-refractivity contribution < 1.29 is 14.6 Å². The van der Waals surface area contributed by atoms with Gasteiger partial charge in [-0.15, -0.1) is 0 Å². The molecule has 1 aromatic rings. The van der Waals surface area contributed by atoms with Crippen LogP contribution in [0.5, 0.6) is 11.5 Å². The molecule has 0 fully saturated rings. The maximum Gasteiger partial charge on any atom is 0.180 e. The first-order chi connectivity index (χ1) is 7.52. The lowest BCUT2D eigenvalue weighted by atomic mass is 10.0. The second kappa shape index (κ2) is 4.99. The van der Waals surface area contributed by atoms with Gasteiger partial charge in [0.25, 0.3) is 0 Å². The van der Waals surface area contributed by atoms with Gasteiger partial charge in [0.1, 0.15) is 0 Å². The molecule has 1 aromatic carbocycles. The number of ether oxygens (including phenoxy) is 1. The van der Waals surface area contributed by atoms with Gasteiger partial charge in [-0.05, 0) is 38.1 Å². The smallest absolute Gasteiger partial charge is 0.180 e. The van der Waals surface area contributed by atoms with Crippen molar-refractivity contribution in [2.24, 2.45) is 0 Å². The lowest BCUT2D eigenvalue weighted by Gasteiger charge is -2.13. The topological polar surface area (TPSA) is 58.6 Å². The maximum absolute atomic E-state index is 11.8. The number of hydrogen-bond acceptors (Lipinski definition) is 4. The number of carbonyl (C=O) groups is 1. The van der Waals surface area contributed by atoms with Crippen LogP contribution in [-0.4, -0.2) is 31.6 Å². The molecular formula is C12H17NO3. The van der Waals surface area contributed by atoms with Crippen LogP contribution in [0.4, 0.5) is 0 Å². The molecule has 0 radical (unpaired) electrons. The Kier molecular flexibility index (Phi) is 3.90. The monoisotopic (exact) mass is 223 g/mol. The molecule has 88 valence electrons. The third-order valence-electron chi connectivity index (χ3n) is 2.61. The summed E-state index contributed by atoms with van der Waals surface area (Å²) >= 11 is 0. The zero-order valence-electron chi connectivity index (χ0n) is 10.0. The number of aromatic hydroxyl groups is 1.